The van der Waals surface area contributed by atoms with Gasteiger partial charge in [-0.05, 0) is 11.1 Å². The van der Waals surface area contributed by atoms with Crippen molar-refractivity contribution in [1.82, 2.24) is 5.32 Å². The average molecular weight is 259 g/mol. The molecule has 0 radical (unpaired) electrons. The summed E-state index contributed by atoms with van der Waals surface area (Å²) in [7, 11) is 2.62. The van der Waals surface area contributed by atoms with E-state index in [0.717, 1.165) is 11.1 Å². The summed E-state index contributed by atoms with van der Waals surface area (Å²) in [6.07, 6.45) is 0. The normalized spacial score (nSPS) is 23.3. The Balaban J connectivity index is 2.16. The predicted molar refractivity (Wildman–Crippen MR) is 66.1 cm³/mol. The number of hydrogen-bond acceptors (Lipinski definition) is 5. The summed E-state index contributed by atoms with van der Waals surface area (Å²) in [5.41, 5.74) is 2.75. The van der Waals surface area contributed by atoms with Crippen LogP contribution in [0.15, 0.2) is 35.4 Å². The zero-order valence-corrected chi connectivity index (χ0v) is 10.6. The van der Waals surface area contributed by atoms with E-state index in [2.05, 4.69) is 5.32 Å². The van der Waals surface area contributed by atoms with Crippen molar-refractivity contribution in [2.45, 2.75) is 12.1 Å². The van der Waals surface area contributed by atoms with Crippen molar-refractivity contribution in [2.75, 3.05) is 14.2 Å². The van der Waals surface area contributed by atoms with Crippen LogP contribution in [0, 0.1) is 0 Å². The molecule has 3 rings (SSSR count). The van der Waals surface area contributed by atoms with Gasteiger partial charge in [-0.15, -0.1) is 0 Å². The molecule has 2 atom stereocenters. The lowest BCUT2D eigenvalue weighted by atomic mass is 9.86. The summed E-state index contributed by atoms with van der Waals surface area (Å²) >= 11 is 0. The molecule has 0 saturated carbocycles. The number of esters is 2. The highest BCUT2D eigenvalue weighted by Crippen LogP contribution is 2.49. The maximum absolute atomic E-state index is 11.9. The van der Waals surface area contributed by atoms with Crippen LogP contribution in [0.2, 0.25) is 0 Å². The lowest BCUT2D eigenvalue weighted by molar-refractivity contribution is -0.139. The molecule has 0 aliphatic carbocycles. The first-order valence-corrected chi connectivity index (χ1v) is 5.94. The smallest absolute Gasteiger partial charge is 0.336 e. The fourth-order valence-corrected chi connectivity index (χ4v) is 2.85. The van der Waals surface area contributed by atoms with Crippen LogP contribution in [0.1, 0.15) is 23.2 Å². The van der Waals surface area contributed by atoms with Crippen LogP contribution in [0.3, 0.4) is 0 Å². The number of benzene rings is 1. The Hall–Kier alpha value is -2.14. The molecule has 0 aromatic heterocycles. The third kappa shape index (κ3) is 1.51. The largest absolute Gasteiger partial charge is 0.466 e. The molecule has 0 spiro atoms. The third-order valence-corrected chi connectivity index (χ3v) is 3.63. The first-order valence-electron chi connectivity index (χ1n) is 5.94. The van der Waals surface area contributed by atoms with Crippen LogP contribution >= 0.6 is 0 Å². The Kier molecular flexibility index (Phi) is 2.64. The minimum atomic E-state index is -0.491. The first-order chi connectivity index (χ1) is 9.19. The minimum absolute atomic E-state index is 0.289. The molecule has 2 aliphatic heterocycles. The molecule has 2 bridgehead atoms. The van der Waals surface area contributed by atoms with Crippen LogP contribution in [-0.4, -0.2) is 26.2 Å². The predicted octanol–water partition coefficient (Wildman–Crippen LogP) is 1.03. The Morgan fingerprint density at radius 2 is 1.37 bits per heavy atom. The monoisotopic (exact) mass is 259 g/mol. The number of fused-ring (bicyclic) bond motifs is 5. The quantitative estimate of drug-likeness (QED) is 0.804. The van der Waals surface area contributed by atoms with Crippen LogP contribution < -0.4 is 5.32 Å². The van der Waals surface area contributed by atoms with Crippen molar-refractivity contribution in [3.05, 3.63) is 46.5 Å². The Bertz CT molecular complexity index is 554. The van der Waals surface area contributed by atoms with Gasteiger partial charge in [-0.2, -0.15) is 0 Å². The zero-order chi connectivity index (χ0) is 13.6. The van der Waals surface area contributed by atoms with Gasteiger partial charge in [0.1, 0.15) is 0 Å². The number of rotatable bonds is 2. The van der Waals surface area contributed by atoms with Gasteiger partial charge >= 0.3 is 11.9 Å². The van der Waals surface area contributed by atoms with Gasteiger partial charge in [-0.25, -0.2) is 9.59 Å². The van der Waals surface area contributed by atoms with Crippen LogP contribution in [0.25, 0.3) is 0 Å². The van der Waals surface area contributed by atoms with Gasteiger partial charge in [0, 0.05) is 0 Å². The summed E-state index contributed by atoms with van der Waals surface area (Å²) in [6, 6.07) is 7.14. The number of hydrogen-bond donors (Lipinski definition) is 1. The summed E-state index contributed by atoms with van der Waals surface area (Å²) in [4.78, 5) is 23.8. The molecule has 2 aliphatic rings. The van der Waals surface area contributed by atoms with E-state index in [0.29, 0.717) is 11.1 Å². The lowest BCUT2D eigenvalue weighted by Gasteiger charge is -2.18. The summed E-state index contributed by atoms with van der Waals surface area (Å²) in [5, 5.41) is 3.25. The van der Waals surface area contributed by atoms with Gasteiger partial charge in [0.05, 0.1) is 37.4 Å². The van der Waals surface area contributed by atoms with E-state index < -0.39 is 11.9 Å². The molecule has 19 heavy (non-hydrogen) atoms. The second kappa shape index (κ2) is 4.20. The number of methoxy groups -OCH3 is 2. The summed E-state index contributed by atoms with van der Waals surface area (Å²) < 4.78 is 9.56. The molecular formula is C14H13NO4. The van der Waals surface area contributed by atoms with E-state index in [1.54, 1.807) is 0 Å². The fourth-order valence-electron chi connectivity index (χ4n) is 2.85. The van der Waals surface area contributed by atoms with Crippen molar-refractivity contribution < 1.29 is 19.1 Å². The highest BCUT2D eigenvalue weighted by atomic mass is 16.5. The lowest BCUT2D eigenvalue weighted by Crippen LogP contribution is -2.19. The molecule has 2 unspecified atom stereocenters. The highest BCUT2D eigenvalue weighted by molar-refractivity contribution is 6.04. The molecule has 5 heteroatoms. The van der Waals surface area contributed by atoms with Crippen LogP contribution in [-0.2, 0) is 19.1 Å². The first kappa shape index (κ1) is 11.9. The highest BCUT2D eigenvalue weighted by Gasteiger charge is 2.48. The topological polar surface area (TPSA) is 64.6 Å². The number of carbonyl (C=O) groups is 2. The number of ether oxygens (including phenoxy) is 2. The van der Waals surface area contributed by atoms with Crippen molar-refractivity contribution in [1.29, 1.82) is 0 Å². The molecule has 0 saturated heterocycles. The molecule has 1 aromatic rings. The van der Waals surface area contributed by atoms with E-state index in [4.69, 9.17) is 9.47 Å². The van der Waals surface area contributed by atoms with Crippen molar-refractivity contribution in [3.8, 4) is 0 Å². The van der Waals surface area contributed by atoms with E-state index in [1.165, 1.54) is 14.2 Å². The van der Waals surface area contributed by atoms with E-state index in [-0.39, 0.29) is 12.1 Å². The molecule has 5 nitrogen and oxygen atoms in total. The van der Waals surface area contributed by atoms with Gasteiger partial charge in [-0.3, -0.25) is 5.32 Å². The van der Waals surface area contributed by atoms with Gasteiger partial charge in [0.25, 0.3) is 0 Å². The van der Waals surface area contributed by atoms with Crippen molar-refractivity contribution in [3.63, 3.8) is 0 Å². The molecular weight excluding hydrogens is 246 g/mol. The average Bonchev–Trinajstić information content (AvgIpc) is 3.02. The molecule has 1 aromatic carbocycles. The van der Waals surface area contributed by atoms with Gasteiger partial charge in [0.15, 0.2) is 0 Å². The number of carbonyl (C=O) groups excluding carboxylic acids is 2. The Labute approximate surface area is 110 Å². The Morgan fingerprint density at radius 1 is 0.947 bits per heavy atom. The summed E-state index contributed by atoms with van der Waals surface area (Å²) in [6.45, 7) is 0. The molecule has 1 N–H and O–H groups in total. The SMILES string of the molecule is COC(=O)C1=C(C(=O)OC)C2NC1c1ccccc12. The van der Waals surface area contributed by atoms with Crippen LogP contribution in [0.5, 0.6) is 0 Å². The van der Waals surface area contributed by atoms with Crippen LogP contribution in [0.4, 0.5) is 0 Å². The summed E-state index contributed by atoms with van der Waals surface area (Å²) in [5.74, 6) is -0.982. The standard InChI is InChI=1S/C14H13NO4/c1-18-13(16)9-10(14(17)19-2)12-8-6-4-3-5-7(8)11(9)15-12/h3-6,11-12,15H,1-2H3. The molecule has 2 heterocycles. The zero-order valence-electron chi connectivity index (χ0n) is 10.6. The van der Waals surface area contributed by atoms with Crippen molar-refractivity contribution in [2.24, 2.45) is 0 Å². The molecule has 0 fully saturated rings. The maximum Gasteiger partial charge on any atom is 0.336 e. The molecule has 0 amide bonds. The molecule has 98 valence electrons. The van der Waals surface area contributed by atoms with E-state index in [9.17, 15) is 9.59 Å². The Morgan fingerprint density at radius 3 is 1.74 bits per heavy atom. The second-order valence-corrected chi connectivity index (χ2v) is 4.47. The van der Waals surface area contributed by atoms with Gasteiger partial charge in [0.2, 0.25) is 0 Å². The van der Waals surface area contributed by atoms with Crippen molar-refractivity contribution >= 4 is 11.9 Å². The van der Waals surface area contributed by atoms with Gasteiger partial charge < -0.3 is 9.47 Å². The van der Waals surface area contributed by atoms with E-state index >= 15 is 0 Å². The third-order valence-electron chi connectivity index (χ3n) is 3.63. The maximum atomic E-state index is 11.9. The minimum Gasteiger partial charge on any atom is -0.466 e. The number of nitrogens with one attached hydrogen (secondary N) is 1. The van der Waals surface area contributed by atoms with E-state index in [1.807, 2.05) is 24.3 Å². The van der Waals surface area contributed by atoms with Gasteiger partial charge in [-0.1, -0.05) is 24.3 Å². The fraction of sp³-hybridized carbons (Fsp3) is 0.286. The second-order valence-electron chi connectivity index (χ2n) is 4.47.